The number of rotatable bonds is 6. The van der Waals surface area contributed by atoms with Crippen molar-refractivity contribution in [3.05, 3.63) is 29.8 Å². The first-order valence-corrected chi connectivity index (χ1v) is 7.43. The van der Waals surface area contributed by atoms with E-state index in [9.17, 15) is 5.11 Å². The fraction of sp³-hybridized carbons (Fsp3) is 0.562. The Hall–Kier alpha value is -1.61. The quantitative estimate of drug-likeness (QED) is 0.844. The summed E-state index contributed by atoms with van der Waals surface area (Å²) in [6.45, 7) is 8.11. The standard InChI is InChI=1S/C16H23N3O2/c1-14(20)13-19-7-5-18(6-8-19)9-10-21-16-4-2-3-15(11-16)12-17/h2-4,11,14,20H,5-10,13H2,1H3/t14-/m0/s1. The molecule has 0 spiro atoms. The molecular formula is C16H23N3O2. The van der Waals surface area contributed by atoms with E-state index in [-0.39, 0.29) is 6.10 Å². The van der Waals surface area contributed by atoms with Crippen LogP contribution in [0.1, 0.15) is 12.5 Å². The number of hydrogen-bond acceptors (Lipinski definition) is 5. The lowest BCUT2D eigenvalue weighted by molar-refractivity contribution is 0.0750. The highest BCUT2D eigenvalue weighted by molar-refractivity contribution is 5.36. The zero-order valence-corrected chi connectivity index (χ0v) is 12.5. The summed E-state index contributed by atoms with van der Waals surface area (Å²) in [5, 5.41) is 18.2. The third-order valence-electron chi connectivity index (χ3n) is 3.63. The lowest BCUT2D eigenvalue weighted by Crippen LogP contribution is -2.49. The molecule has 0 aromatic heterocycles. The van der Waals surface area contributed by atoms with Crippen LogP contribution >= 0.6 is 0 Å². The molecular weight excluding hydrogens is 266 g/mol. The lowest BCUT2D eigenvalue weighted by atomic mass is 10.2. The minimum atomic E-state index is -0.257. The van der Waals surface area contributed by atoms with Crippen LogP contribution in [0.4, 0.5) is 0 Å². The molecule has 1 fully saturated rings. The predicted octanol–water partition coefficient (Wildman–Crippen LogP) is 0.935. The monoisotopic (exact) mass is 289 g/mol. The number of β-amino-alcohol motifs (C(OH)–C–C–N with tert-alkyl or cyclic N) is 1. The molecule has 1 aliphatic rings. The number of hydrogen-bond donors (Lipinski definition) is 1. The zero-order valence-electron chi connectivity index (χ0n) is 12.5. The van der Waals surface area contributed by atoms with Gasteiger partial charge in [-0.05, 0) is 25.1 Å². The van der Waals surface area contributed by atoms with Crippen molar-refractivity contribution in [1.82, 2.24) is 9.80 Å². The first kappa shape index (κ1) is 15.8. The van der Waals surface area contributed by atoms with Crippen molar-refractivity contribution in [3.8, 4) is 11.8 Å². The normalized spacial score (nSPS) is 18.1. The maximum atomic E-state index is 9.38. The number of benzene rings is 1. The number of nitriles is 1. The molecule has 0 amide bonds. The fourth-order valence-corrected chi connectivity index (χ4v) is 2.52. The fourth-order valence-electron chi connectivity index (χ4n) is 2.52. The van der Waals surface area contributed by atoms with E-state index in [2.05, 4.69) is 15.9 Å². The van der Waals surface area contributed by atoms with Crippen molar-refractivity contribution in [3.63, 3.8) is 0 Å². The molecule has 1 saturated heterocycles. The third kappa shape index (κ3) is 5.35. The van der Waals surface area contributed by atoms with Crippen molar-refractivity contribution < 1.29 is 9.84 Å². The van der Waals surface area contributed by atoms with Crippen LogP contribution in [-0.4, -0.2) is 66.9 Å². The minimum Gasteiger partial charge on any atom is -0.492 e. The molecule has 0 bridgehead atoms. The van der Waals surface area contributed by atoms with Crippen LogP contribution in [-0.2, 0) is 0 Å². The second kappa shape index (κ2) is 7.99. The molecule has 114 valence electrons. The molecule has 1 heterocycles. The highest BCUT2D eigenvalue weighted by Gasteiger charge is 2.17. The smallest absolute Gasteiger partial charge is 0.120 e. The Balaban J connectivity index is 1.67. The minimum absolute atomic E-state index is 0.257. The Morgan fingerprint density at radius 1 is 1.29 bits per heavy atom. The van der Waals surface area contributed by atoms with Gasteiger partial charge in [0.1, 0.15) is 12.4 Å². The largest absolute Gasteiger partial charge is 0.492 e. The summed E-state index contributed by atoms with van der Waals surface area (Å²) in [7, 11) is 0. The van der Waals surface area contributed by atoms with Crippen molar-refractivity contribution >= 4 is 0 Å². The van der Waals surface area contributed by atoms with E-state index in [0.717, 1.165) is 45.0 Å². The Bertz CT molecular complexity index is 477. The Kier molecular flexibility index (Phi) is 6.00. The van der Waals surface area contributed by atoms with E-state index in [1.165, 1.54) is 0 Å². The van der Waals surface area contributed by atoms with Gasteiger partial charge in [-0.2, -0.15) is 5.26 Å². The maximum absolute atomic E-state index is 9.38. The van der Waals surface area contributed by atoms with E-state index in [1.54, 1.807) is 12.1 Å². The average molecular weight is 289 g/mol. The van der Waals surface area contributed by atoms with Crippen molar-refractivity contribution in [2.75, 3.05) is 45.9 Å². The predicted molar refractivity (Wildman–Crippen MR) is 81.2 cm³/mol. The molecule has 1 aromatic rings. The number of nitrogens with zero attached hydrogens (tertiary/aromatic N) is 3. The van der Waals surface area contributed by atoms with Gasteiger partial charge in [-0.15, -0.1) is 0 Å². The zero-order chi connectivity index (χ0) is 15.1. The topological polar surface area (TPSA) is 59.7 Å². The molecule has 1 atom stereocenters. The van der Waals surface area contributed by atoms with E-state index >= 15 is 0 Å². The molecule has 1 N–H and O–H groups in total. The van der Waals surface area contributed by atoms with Gasteiger partial charge >= 0.3 is 0 Å². The van der Waals surface area contributed by atoms with Gasteiger partial charge in [-0.3, -0.25) is 9.80 Å². The van der Waals surface area contributed by atoms with Gasteiger partial charge in [-0.25, -0.2) is 0 Å². The van der Waals surface area contributed by atoms with Gasteiger partial charge in [0.2, 0.25) is 0 Å². The molecule has 5 heteroatoms. The van der Waals surface area contributed by atoms with Gasteiger partial charge in [0.15, 0.2) is 0 Å². The highest BCUT2D eigenvalue weighted by atomic mass is 16.5. The van der Waals surface area contributed by atoms with E-state index in [4.69, 9.17) is 10.00 Å². The first-order valence-electron chi connectivity index (χ1n) is 7.43. The molecule has 0 aliphatic carbocycles. The Morgan fingerprint density at radius 2 is 2.00 bits per heavy atom. The van der Waals surface area contributed by atoms with Crippen molar-refractivity contribution in [2.24, 2.45) is 0 Å². The summed E-state index contributed by atoms with van der Waals surface area (Å²) in [6, 6.07) is 9.36. The van der Waals surface area contributed by atoms with Crippen LogP contribution in [0, 0.1) is 11.3 Å². The number of ether oxygens (including phenoxy) is 1. The van der Waals surface area contributed by atoms with E-state index in [1.807, 2.05) is 19.1 Å². The molecule has 0 radical (unpaired) electrons. The Morgan fingerprint density at radius 3 is 2.67 bits per heavy atom. The van der Waals surface area contributed by atoms with Crippen LogP contribution in [0.25, 0.3) is 0 Å². The summed E-state index contributed by atoms with van der Waals surface area (Å²) in [5.74, 6) is 0.752. The third-order valence-corrected chi connectivity index (χ3v) is 3.63. The molecule has 2 rings (SSSR count). The number of aliphatic hydroxyl groups is 1. The molecule has 0 unspecified atom stereocenters. The van der Waals surface area contributed by atoms with Crippen LogP contribution in [0.5, 0.6) is 5.75 Å². The molecule has 21 heavy (non-hydrogen) atoms. The molecule has 5 nitrogen and oxygen atoms in total. The van der Waals surface area contributed by atoms with Crippen LogP contribution in [0.15, 0.2) is 24.3 Å². The van der Waals surface area contributed by atoms with Gasteiger partial charge in [0.05, 0.1) is 17.7 Å². The lowest BCUT2D eigenvalue weighted by Gasteiger charge is -2.35. The Labute approximate surface area is 126 Å². The number of aliphatic hydroxyl groups excluding tert-OH is 1. The second-order valence-electron chi connectivity index (χ2n) is 5.48. The van der Waals surface area contributed by atoms with Gasteiger partial charge in [0.25, 0.3) is 0 Å². The van der Waals surface area contributed by atoms with Crippen LogP contribution < -0.4 is 4.74 Å². The molecule has 1 aromatic carbocycles. The van der Waals surface area contributed by atoms with Crippen molar-refractivity contribution in [2.45, 2.75) is 13.0 Å². The molecule has 0 saturated carbocycles. The first-order chi connectivity index (χ1) is 10.2. The van der Waals surface area contributed by atoms with E-state index in [0.29, 0.717) is 12.2 Å². The van der Waals surface area contributed by atoms with Crippen molar-refractivity contribution in [1.29, 1.82) is 5.26 Å². The average Bonchev–Trinajstić information content (AvgIpc) is 2.49. The van der Waals surface area contributed by atoms with Gasteiger partial charge in [0, 0.05) is 39.3 Å². The summed E-state index contributed by atoms with van der Waals surface area (Å²) in [6.07, 6.45) is -0.257. The van der Waals surface area contributed by atoms with Gasteiger partial charge in [-0.1, -0.05) is 6.07 Å². The SMILES string of the molecule is C[C@H](O)CN1CCN(CCOc2cccc(C#N)c2)CC1. The number of piperazine rings is 1. The second-order valence-corrected chi connectivity index (χ2v) is 5.48. The highest BCUT2D eigenvalue weighted by Crippen LogP contribution is 2.12. The van der Waals surface area contributed by atoms with Crippen LogP contribution in [0.3, 0.4) is 0 Å². The summed E-state index contributed by atoms with van der Waals surface area (Å²) in [4.78, 5) is 4.66. The van der Waals surface area contributed by atoms with Gasteiger partial charge < -0.3 is 9.84 Å². The summed E-state index contributed by atoms with van der Waals surface area (Å²) in [5.41, 5.74) is 0.624. The summed E-state index contributed by atoms with van der Waals surface area (Å²) >= 11 is 0. The van der Waals surface area contributed by atoms with Crippen LogP contribution in [0.2, 0.25) is 0 Å². The molecule has 1 aliphatic heterocycles. The summed E-state index contributed by atoms with van der Waals surface area (Å²) < 4.78 is 5.70. The maximum Gasteiger partial charge on any atom is 0.120 e. The van der Waals surface area contributed by atoms with E-state index < -0.39 is 0 Å².